The minimum absolute atomic E-state index is 0.221. The third-order valence-corrected chi connectivity index (χ3v) is 3.79. The summed E-state index contributed by atoms with van der Waals surface area (Å²) >= 11 is 0. The molecular formula is C17H20N2O2. The van der Waals surface area contributed by atoms with Crippen molar-refractivity contribution in [3.63, 3.8) is 0 Å². The molecule has 4 nitrogen and oxygen atoms in total. The van der Waals surface area contributed by atoms with Crippen molar-refractivity contribution < 1.29 is 9.53 Å². The highest BCUT2D eigenvalue weighted by atomic mass is 16.5. The molecule has 0 aliphatic carbocycles. The van der Waals surface area contributed by atoms with Crippen LogP contribution in [-0.4, -0.2) is 28.5 Å². The van der Waals surface area contributed by atoms with Gasteiger partial charge in [-0.1, -0.05) is 18.2 Å². The Morgan fingerprint density at radius 3 is 2.81 bits per heavy atom. The maximum atomic E-state index is 12.2. The standard InChI is InChI=1S/C17H20N2O2/c20-17(9-5-13-21-16-7-2-1-3-8-16)19-12-11-18-10-4-6-15(18)14-19/h1-4,6-8,10H,5,9,11-14H2. The second-order valence-corrected chi connectivity index (χ2v) is 5.27. The third-order valence-electron chi connectivity index (χ3n) is 3.79. The van der Waals surface area contributed by atoms with Gasteiger partial charge in [0.2, 0.25) is 5.91 Å². The van der Waals surface area contributed by atoms with Crippen LogP contribution in [0.3, 0.4) is 0 Å². The first kappa shape index (κ1) is 13.7. The number of carbonyl (C=O) groups is 1. The summed E-state index contributed by atoms with van der Waals surface area (Å²) in [6.07, 6.45) is 3.38. The predicted octanol–water partition coefficient (Wildman–Crippen LogP) is 2.69. The molecule has 1 aromatic heterocycles. The van der Waals surface area contributed by atoms with Crippen LogP contribution in [0.15, 0.2) is 48.7 Å². The van der Waals surface area contributed by atoms with Crippen molar-refractivity contribution in [1.29, 1.82) is 0 Å². The second kappa shape index (κ2) is 6.48. The molecule has 0 N–H and O–H groups in total. The molecule has 2 aromatic rings. The minimum Gasteiger partial charge on any atom is -0.494 e. The number of hydrogen-bond acceptors (Lipinski definition) is 2. The number of nitrogens with zero attached hydrogens (tertiary/aromatic N) is 2. The Balaban J connectivity index is 1.41. The van der Waals surface area contributed by atoms with Gasteiger partial charge in [-0.25, -0.2) is 0 Å². The molecule has 2 heterocycles. The number of amides is 1. The van der Waals surface area contributed by atoms with Crippen LogP contribution in [0.2, 0.25) is 0 Å². The van der Waals surface area contributed by atoms with Gasteiger partial charge >= 0.3 is 0 Å². The highest BCUT2D eigenvalue weighted by Gasteiger charge is 2.19. The summed E-state index contributed by atoms with van der Waals surface area (Å²) in [5, 5.41) is 0. The minimum atomic E-state index is 0.221. The van der Waals surface area contributed by atoms with Gasteiger partial charge in [-0.2, -0.15) is 0 Å². The van der Waals surface area contributed by atoms with E-state index < -0.39 is 0 Å². The largest absolute Gasteiger partial charge is 0.494 e. The predicted molar refractivity (Wildman–Crippen MR) is 81.0 cm³/mol. The molecule has 1 aromatic carbocycles. The molecule has 1 amide bonds. The fraction of sp³-hybridized carbons (Fsp3) is 0.353. The van der Waals surface area contributed by atoms with Gasteiger partial charge in [0.25, 0.3) is 0 Å². The highest BCUT2D eigenvalue weighted by molar-refractivity contribution is 5.76. The van der Waals surface area contributed by atoms with E-state index in [0.717, 1.165) is 31.8 Å². The zero-order valence-electron chi connectivity index (χ0n) is 12.1. The lowest BCUT2D eigenvalue weighted by Crippen LogP contribution is -2.37. The molecule has 3 rings (SSSR count). The molecule has 0 fully saturated rings. The Morgan fingerprint density at radius 2 is 1.95 bits per heavy atom. The van der Waals surface area contributed by atoms with E-state index in [1.165, 1.54) is 5.69 Å². The maximum absolute atomic E-state index is 12.2. The van der Waals surface area contributed by atoms with E-state index in [1.54, 1.807) is 0 Å². The Bertz CT molecular complexity index is 592. The zero-order chi connectivity index (χ0) is 14.5. The summed E-state index contributed by atoms with van der Waals surface area (Å²) in [6.45, 7) is 3.01. The van der Waals surface area contributed by atoms with E-state index in [-0.39, 0.29) is 5.91 Å². The van der Waals surface area contributed by atoms with E-state index in [9.17, 15) is 4.79 Å². The average molecular weight is 284 g/mol. The first-order valence-corrected chi connectivity index (χ1v) is 7.42. The Labute approximate surface area is 124 Å². The van der Waals surface area contributed by atoms with Gasteiger partial charge in [-0.05, 0) is 30.7 Å². The molecule has 21 heavy (non-hydrogen) atoms. The summed E-state index contributed by atoms with van der Waals surface area (Å²) in [7, 11) is 0. The smallest absolute Gasteiger partial charge is 0.223 e. The SMILES string of the molecule is O=C(CCCOc1ccccc1)N1CCn2cccc2C1. The van der Waals surface area contributed by atoms with Gasteiger partial charge < -0.3 is 14.2 Å². The number of rotatable bonds is 5. The number of fused-ring (bicyclic) bond motifs is 1. The quantitative estimate of drug-likeness (QED) is 0.791. The molecule has 0 atom stereocenters. The van der Waals surface area contributed by atoms with Crippen molar-refractivity contribution in [2.24, 2.45) is 0 Å². The topological polar surface area (TPSA) is 34.5 Å². The second-order valence-electron chi connectivity index (χ2n) is 5.27. The van der Waals surface area contributed by atoms with Crippen molar-refractivity contribution in [2.45, 2.75) is 25.9 Å². The molecule has 0 saturated heterocycles. The van der Waals surface area contributed by atoms with Crippen LogP contribution in [0, 0.1) is 0 Å². The van der Waals surface area contributed by atoms with Crippen LogP contribution < -0.4 is 4.74 Å². The van der Waals surface area contributed by atoms with Crippen molar-refractivity contribution >= 4 is 5.91 Å². The van der Waals surface area contributed by atoms with E-state index in [4.69, 9.17) is 4.74 Å². The lowest BCUT2D eigenvalue weighted by Gasteiger charge is -2.28. The summed E-state index contributed by atoms with van der Waals surface area (Å²) in [5.41, 5.74) is 1.22. The van der Waals surface area contributed by atoms with Crippen molar-refractivity contribution in [1.82, 2.24) is 9.47 Å². The first-order valence-electron chi connectivity index (χ1n) is 7.42. The summed E-state index contributed by atoms with van der Waals surface area (Å²) in [4.78, 5) is 14.1. The molecule has 1 aliphatic rings. The van der Waals surface area contributed by atoms with Crippen LogP contribution >= 0.6 is 0 Å². The number of hydrogen-bond donors (Lipinski definition) is 0. The summed E-state index contributed by atoms with van der Waals surface area (Å²) < 4.78 is 7.82. The molecule has 0 spiro atoms. The maximum Gasteiger partial charge on any atom is 0.223 e. The van der Waals surface area contributed by atoms with Crippen molar-refractivity contribution in [3.05, 3.63) is 54.4 Å². The lowest BCUT2D eigenvalue weighted by molar-refractivity contribution is -0.132. The van der Waals surface area contributed by atoms with Gasteiger partial charge in [0.1, 0.15) is 5.75 Å². The van der Waals surface area contributed by atoms with E-state index in [0.29, 0.717) is 13.0 Å². The molecular weight excluding hydrogens is 264 g/mol. The average Bonchev–Trinajstić information content (AvgIpc) is 3.00. The summed E-state index contributed by atoms with van der Waals surface area (Å²) in [6, 6.07) is 13.8. The van der Waals surface area contributed by atoms with E-state index >= 15 is 0 Å². The fourth-order valence-electron chi connectivity index (χ4n) is 2.62. The molecule has 0 radical (unpaired) electrons. The molecule has 110 valence electrons. The fourth-order valence-corrected chi connectivity index (χ4v) is 2.62. The molecule has 1 aliphatic heterocycles. The van der Waals surface area contributed by atoms with Crippen LogP contribution in [0.5, 0.6) is 5.75 Å². The first-order chi connectivity index (χ1) is 10.3. The molecule has 0 unspecified atom stereocenters. The zero-order valence-corrected chi connectivity index (χ0v) is 12.1. The monoisotopic (exact) mass is 284 g/mol. The summed E-state index contributed by atoms with van der Waals surface area (Å²) in [5.74, 6) is 1.08. The van der Waals surface area contributed by atoms with Gasteiger partial charge in [0.15, 0.2) is 0 Å². The number of ether oxygens (including phenoxy) is 1. The van der Waals surface area contributed by atoms with Gasteiger partial charge in [-0.3, -0.25) is 4.79 Å². The van der Waals surface area contributed by atoms with Crippen molar-refractivity contribution in [2.75, 3.05) is 13.2 Å². The highest BCUT2D eigenvalue weighted by Crippen LogP contribution is 2.14. The normalized spacial score (nSPS) is 13.8. The van der Waals surface area contributed by atoms with Gasteiger partial charge in [-0.15, -0.1) is 0 Å². The van der Waals surface area contributed by atoms with Crippen LogP contribution in [0.1, 0.15) is 18.5 Å². The Kier molecular flexibility index (Phi) is 4.24. The molecule has 0 saturated carbocycles. The third kappa shape index (κ3) is 3.45. The van der Waals surface area contributed by atoms with E-state index in [2.05, 4.69) is 16.8 Å². The van der Waals surface area contributed by atoms with Crippen LogP contribution in [0.4, 0.5) is 0 Å². The van der Waals surface area contributed by atoms with Gasteiger partial charge in [0, 0.05) is 31.4 Å². The Hall–Kier alpha value is -2.23. The number of aromatic nitrogens is 1. The van der Waals surface area contributed by atoms with Crippen LogP contribution in [0.25, 0.3) is 0 Å². The van der Waals surface area contributed by atoms with Gasteiger partial charge in [0.05, 0.1) is 13.2 Å². The van der Waals surface area contributed by atoms with E-state index in [1.807, 2.05) is 41.3 Å². The molecule has 0 bridgehead atoms. The number of carbonyl (C=O) groups excluding carboxylic acids is 1. The number of para-hydroxylation sites is 1. The van der Waals surface area contributed by atoms with Crippen molar-refractivity contribution in [3.8, 4) is 5.75 Å². The Morgan fingerprint density at radius 1 is 1.10 bits per heavy atom. The lowest BCUT2D eigenvalue weighted by atomic mass is 10.2. The number of benzene rings is 1. The molecule has 4 heteroatoms. The van der Waals surface area contributed by atoms with Crippen LogP contribution in [-0.2, 0) is 17.9 Å².